The summed E-state index contributed by atoms with van der Waals surface area (Å²) in [5.41, 5.74) is 0. The lowest BCUT2D eigenvalue weighted by atomic mass is 10.0. The number of carbonyl (C=O) groups excluding carboxylic acids is 1. The quantitative estimate of drug-likeness (QED) is 0.714. The van der Waals surface area contributed by atoms with Gasteiger partial charge < -0.3 is 10.6 Å². The minimum atomic E-state index is 0.176. The molecule has 0 aromatic carbocycles. The van der Waals surface area contributed by atoms with Crippen LogP contribution in [0.15, 0.2) is 0 Å². The van der Waals surface area contributed by atoms with Gasteiger partial charge in [0.2, 0.25) is 5.91 Å². The van der Waals surface area contributed by atoms with Crippen molar-refractivity contribution in [2.75, 3.05) is 6.54 Å². The van der Waals surface area contributed by atoms with Gasteiger partial charge in [0.25, 0.3) is 0 Å². The van der Waals surface area contributed by atoms with E-state index in [1.807, 2.05) is 0 Å². The highest BCUT2D eigenvalue weighted by Gasteiger charge is 2.29. The van der Waals surface area contributed by atoms with Crippen molar-refractivity contribution in [3.8, 4) is 0 Å². The molecule has 1 rings (SSSR count). The summed E-state index contributed by atoms with van der Waals surface area (Å²) < 4.78 is 0. The molecule has 0 aromatic heterocycles. The second-order valence-electron chi connectivity index (χ2n) is 4.16. The van der Waals surface area contributed by atoms with Crippen LogP contribution in [0.5, 0.6) is 0 Å². The first kappa shape index (κ1) is 11.5. The molecule has 3 nitrogen and oxygen atoms in total. The number of hydrogen-bond donors (Lipinski definition) is 2. The molecule has 1 fully saturated rings. The molecule has 1 heterocycles. The zero-order valence-electron chi connectivity index (χ0n) is 9.47. The second-order valence-corrected chi connectivity index (χ2v) is 4.16. The zero-order valence-corrected chi connectivity index (χ0v) is 9.47. The monoisotopic (exact) mass is 198 g/mol. The highest BCUT2D eigenvalue weighted by molar-refractivity contribution is 5.80. The Morgan fingerprint density at radius 2 is 2.14 bits per heavy atom. The van der Waals surface area contributed by atoms with E-state index in [1.54, 1.807) is 0 Å². The van der Waals surface area contributed by atoms with E-state index in [9.17, 15) is 4.79 Å². The van der Waals surface area contributed by atoms with Crippen molar-refractivity contribution in [3.05, 3.63) is 0 Å². The molecule has 2 atom stereocenters. The Morgan fingerprint density at radius 3 is 2.57 bits per heavy atom. The summed E-state index contributed by atoms with van der Waals surface area (Å²) in [6.07, 6.45) is 3.03. The molecule has 1 aliphatic heterocycles. The molecule has 0 spiro atoms. The van der Waals surface area contributed by atoms with Crippen LogP contribution in [0.2, 0.25) is 0 Å². The fourth-order valence-corrected chi connectivity index (χ4v) is 2.02. The number of nitrogens with one attached hydrogen (secondary N) is 2. The van der Waals surface area contributed by atoms with Gasteiger partial charge in [0.1, 0.15) is 0 Å². The van der Waals surface area contributed by atoms with E-state index in [-0.39, 0.29) is 11.8 Å². The molecule has 0 radical (unpaired) electrons. The molecule has 0 aromatic rings. The van der Waals surface area contributed by atoms with Crippen LogP contribution in [0.3, 0.4) is 0 Å². The molecule has 2 unspecified atom stereocenters. The van der Waals surface area contributed by atoms with Gasteiger partial charge in [-0.05, 0) is 32.7 Å². The van der Waals surface area contributed by atoms with Crippen LogP contribution in [0, 0.1) is 5.92 Å². The Balaban J connectivity index is 2.40. The van der Waals surface area contributed by atoms with Gasteiger partial charge in [-0.25, -0.2) is 0 Å². The van der Waals surface area contributed by atoms with E-state index in [2.05, 4.69) is 31.4 Å². The largest absolute Gasteiger partial charge is 0.353 e. The van der Waals surface area contributed by atoms with Crippen LogP contribution in [0.25, 0.3) is 0 Å². The van der Waals surface area contributed by atoms with Crippen LogP contribution >= 0.6 is 0 Å². The van der Waals surface area contributed by atoms with Crippen molar-refractivity contribution in [3.63, 3.8) is 0 Å². The normalized spacial score (nSPS) is 26.9. The maximum absolute atomic E-state index is 11.8. The minimum Gasteiger partial charge on any atom is -0.353 e. The van der Waals surface area contributed by atoms with Crippen molar-refractivity contribution in [1.29, 1.82) is 0 Å². The lowest BCUT2D eigenvalue weighted by Crippen LogP contribution is -2.41. The molecule has 82 valence electrons. The predicted octanol–water partition coefficient (Wildman–Crippen LogP) is 1.29. The SMILES string of the molecule is CCC(CC)NC(=O)C1CCNC1C. The van der Waals surface area contributed by atoms with E-state index >= 15 is 0 Å². The average molecular weight is 198 g/mol. The number of rotatable bonds is 4. The first-order chi connectivity index (χ1) is 6.69. The van der Waals surface area contributed by atoms with Crippen LogP contribution in [0.1, 0.15) is 40.0 Å². The van der Waals surface area contributed by atoms with Crippen molar-refractivity contribution in [1.82, 2.24) is 10.6 Å². The van der Waals surface area contributed by atoms with E-state index in [4.69, 9.17) is 0 Å². The van der Waals surface area contributed by atoms with Crippen molar-refractivity contribution < 1.29 is 4.79 Å². The molecule has 0 bridgehead atoms. The standard InChI is InChI=1S/C11H22N2O/c1-4-9(5-2)13-11(14)10-6-7-12-8(10)3/h8-10,12H,4-7H2,1-3H3,(H,13,14). The number of hydrogen-bond acceptors (Lipinski definition) is 2. The lowest BCUT2D eigenvalue weighted by molar-refractivity contribution is -0.125. The zero-order chi connectivity index (χ0) is 10.6. The van der Waals surface area contributed by atoms with Gasteiger partial charge in [-0.1, -0.05) is 13.8 Å². The summed E-state index contributed by atoms with van der Waals surface area (Å²) in [5.74, 6) is 0.409. The second kappa shape index (κ2) is 5.35. The Labute approximate surface area is 86.6 Å². The topological polar surface area (TPSA) is 41.1 Å². The molecular formula is C11H22N2O. The van der Waals surface area contributed by atoms with E-state index in [0.29, 0.717) is 12.1 Å². The molecule has 1 amide bonds. The number of carbonyl (C=O) groups is 1. The third kappa shape index (κ3) is 2.71. The highest BCUT2D eigenvalue weighted by atomic mass is 16.2. The lowest BCUT2D eigenvalue weighted by Gasteiger charge is -2.20. The summed E-state index contributed by atoms with van der Waals surface area (Å²) >= 11 is 0. The maximum atomic E-state index is 11.8. The summed E-state index contributed by atoms with van der Waals surface area (Å²) in [5, 5.41) is 6.41. The van der Waals surface area contributed by atoms with Crippen molar-refractivity contribution >= 4 is 5.91 Å². The third-order valence-electron chi connectivity index (χ3n) is 3.19. The van der Waals surface area contributed by atoms with E-state index < -0.39 is 0 Å². The molecular weight excluding hydrogens is 176 g/mol. The van der Waals surface area contributed by atoms with E-state index in [1.165, 1.54) is 0 Å². The molecule has 14 heavy (non-hydrogen) atoms. The van der Waals surface area contributed by atoms with Gasteiger partial charge >= 0.3 is 0 Å². The summed E-state index contributed by atoms with van der Waals surface area (Å²) in [7, 11) is 0. The highest BCUT2D eigenvalue weighted by Crippen LogP contribution is 2.15. The van der Waals surface area contributed by atoms with Crippen LogP contribution in [0.4, 0.5) is 0 Å². The van der Waals surface area contributed by atoms with Crippen LogP contribution < -0.4 is 10.6 Å². The molecule has 2 N–H and O–H groups in total. The van der Waals surface area contributed by atoms with Gasteiger partial charge in [-0.15, -0.1) is 0 Å². The fraction of sp³-hybridized carbons (Fsp3) is 0.909. The van der Waals surface area contributed by atoms with Crippen molar-refractivity contribution in [2.24, 2.45) is 5.92 Å². The Morgan fingerprint density at radius 1 is 1.50 bits per heavy atom. The smallest absolute Gasteiger partial charge is 0.224 e. The summed E-state index contributed by atoms with van der Waals surface area (Å²) in [6, 6.07) is 0.694. The van der Waals surface area contributed by atoms with Gasteiger partial charge in [0.15, 0.2) is 0 Å². The summed E-state index contributed by atoms with van der Waals surface area (Å²) in [6.45, 7) is 7.29. The molecule has 0 saturated carbocycles. The fourth-order valence-electron chi connectivity index (χ4n) is 2.02. The van der Waals surface area contributed by atoms with E-state index in [0.717, 1.165) is 25.8 Å². The summed E-state index contributed by atoms with van der Waals surface area (Å²) in [4.78, 5) is 11.8. The predicted molar refractivity (Wildman–Crippen MR) is 58.1 cm³/mol. The van der Waals surface area contributed by atoms with Gasteiger partial charge in [-0.2, -0.15) is 0 Å². The first-order valence-corrected chi connectivity index (χ1v) is 5.72. The van der Waals surface area contributed by atoms with Crippen LogP contribution in [-0.4, -0.2) is 24.5 Å². The maximum Gasteiger partial charge on any atom is 0.224 e. The molecule has 0 aliphatic carbocycles. The average Bonchev–Trinajstić information content (AvgIpc) is 2.60. The molecule has 1 saturated heterocycles. The Bertz CT molecular complexity index is 190. The molecule has 3 heteroatoms. The van der Waals surface area contributed by atoms with Gasteiger partial charge in [0.05, 0.1) is 5.92 Å². The Kier molecular flexibility index (Phi) is 4.39. The minimum absolute atomic E-state index is 0.176. The first-order valence-electron chi connectivity index (χ1n) is 5.72. The van der Waals surface area contributed by atoms with Crippen LogP contribution in [-0.2, 0) is 4.79 Å². The van der Waals surface area contributed by atoms with Gasteiger partial charge in [-0.3, -0.25) is 4.79 Å². The van der Waals surface area contributed by atoms with Crippen molar-refractivity contribution in [2.45, 2.75) is 52.1 Å². The third-order valence-corrected chi connectivity index (χ3v) is 3.19. The number of amides is 1. The molecule has 1 aliphatic rings. The van der Waals surface area contributed by atoms with Gasteiger partial charge in [0, 0.05) is 12.1 Å². The Hall–Kier alpha value is -0.570.